The smallest absolute Gasteiger partial charge is 0.269 e. The molecule has 0 radical (unpaired) electrons. The zero-order valence-corrected chi connectivity index (χ0v) is 18.5. The van der Waals surface area contributed by atoms with Crippen molar-refractivity contribution in [1.82, 2.24) is 14.3 Å². The number of nitro groups is 1. The van der Waals surface area contributed by atoms with Gasteiger partial charge in [0.25, 0.3) is 5.69 Å². The molecule has 2 aliphatic heterocycles. The molecule has 0 spiro atoms. The number of rotatable bonds is 6. The third kappa shape index (κ3) is 4.89. The number of benzene rings is 1. The number of hydrazone groups is 1. The van der Waals surface area contributed by atoms with Crippen molar-refractivity contribution in [2.75, 3.05) is 44.2 Å². The average Bonchev–Trinajstić information content (AvgIpc) is 2.84. The number of non-ortho nitro benzene ring substituents is 1. The van der Waals surface area contributed by atoms with E-state index in [0.29, 0.717) is 45.0 Å². The highest BCUT2D eigenvalue weighted by Crippen LogP contribution is 2.29. The Bertz CT molecular complexity index is 1080. The zero-order valence-electron chi connectivity index (χ0n) is 17.7. The van der Waals surface area contributed by atoms with E-state index in [1.54, 1.807) is 34.9 Å². The van der Waals surface area contributed by atoms with Crippen LogP contribution < -0.4 is 4.90 Å². The van der Waals surface area contributed by atoms with Crippen molar-refractivity contribution in [1.29, 1.82) is 0 Å². The summed E-state index contributed by atoms with van der Waals surface area (Å²) in [5.41, 5.74) is 1.51. The summed E-state index contributed by atoms with van der Waals surface area (Å²) in [5, 5.41) is 17.1. The van der Waals surface area contributed by atoms with Crippen LogP contribution >= 0.6 is 0 Å². The van der Waals surface area contributed by atoms with Gasteiger partial charge in [-0.2, -0.15) is 9.41 Å². The normalized spacial score (nSPS) is 18.2. The van der Waals surface area contributed by atoms with Crippen molar-refractivity contribution < 1.29 is 13.3 Å². The molecule has 0 bridgehead atoms. The minimum atomic E-state index is -3.57. The van der Waals surface area contributed by atoms with Gasteiger partial charge in [-0.05, 0) is 36.6 Å². The third-order valence-electron chi connectivity index (χ3n) is 5.77. The summed E-state index contributed by atoms with van der Waals surface area (Å²) in [4.78, 5) is 16.7. The second-order valence-electron chi connectivity index (χ2n) is 7.84. The first kappa shape index (κ1) is 22.2. The molecule has 10 nitrogen and oxygen atoms in total. The fraction of sp³-hybridized carbons (Fsp3) is 0.429. The first-order valence-corrected chi connectivity index (χ1v) is 12.1. The highest BCUT2D eigenvalue weighted by atomic mass is 32.2. The fourth-order valence-electron chi connectivity index (χ4n) is 3.96. The van der Waals surface area contributed by atoms with Gasteiger partial charge < -0.3 is 4.90 Å². The minimum absolute atomic E-state index is 0.0448. The lowest BCUT2D eigenvalue weighted by Crippen LogP contribution is -2.45. The second-order valence-corrected chi connectivity index (χ2v) is 9.75. The highest BCUT2D eigenvalue weighted by Gasteiger charge is 2.30. The predicted molar refractivity (Wildman–Crippen MR) is 121 cm³/mol. The van der Waals surface area contributed by atoms with Gasteiger partial charge in [0, 0.05) is 50.7 Å². The van der Waals surface area contributed by atoms with Crippen molar-refractivity contribution in [3.8, 4) is 0 Å². The summed E-state index contributed by atoms with van der Waals surface area (Å²) in [5.74, 6) is 0. The van der Waals surface area contributed by atoms with Crippen molar-refractivity contribution >= 4 is 27.6 Å². The van der Waals surface area contributed by atoms with Crippen molar-refractivity contribution in [2.24, 2.45) is 5.10 Å². The quantitative estimate of drug-likeness (QED) is 0.371. The molecule has 0 unspecified atom stereocenters. The van der Waals surface area contributed by atoms with Gasteiger partial charge in [0.05, 0.1) is 29.9 Å². The number of anilines is 1. The lowest BCUT2D eigenvalue weighted by atomic mass is 10.2. The van der Waals surface area contributed by atoms with Crippen LogP contribution in [0, 0.1) is 10.1 Å². The molecule has 2 aromatic rings. The van der Waals surface area contributed by atoms with Crippen LogP contribution in [0.25, 0.3) is 0 Å². The van der Waals surface area contributed by atoms with Crippen LogP contribution in [0.15, 0.2) is 52.7 Å². The molecule has 0 amide bonds. The molecule has 4 rings (SSSR count). The summed E-state index contributed by atoms with van der Waals surface area (Å²) in [7, 11) is -3.57. The number of pyridine rings is 1. The highest BCUT2D eigenvalue weighted by molar-refractivity contribution is 7.89. The molecule has 170 valence electrons. The Hall–Kier alpha value is -3.05. The van der Waals surface area contributed by atoms with E-state index in [2.05, 4.69) is 15.0 Å². The molecule has 0 atom stereocenters. The SMILES string of the molecule is O=[N+]([O-])c1ccc(/C=N/N2CCN(c3ccncc3S(=O)(=O)N3CCCCC3)CC2)cc1. The van der Waals surface area contributed by atoms with E-state index in [1.807, 2.05) is 5.01 Å². The molecule has 2 aliphatic rings. The largest absolute Gasteiger partial charge is 0.367 e. The van der Waals surface area contributed by atoms with Gasteiger partial charge in [-0.1, -0.05) is 6.42 Å². The monoisotopic (exact) mass is 458 g/mol. The number of aromatic nitrogens is 1. The maximum Gasteiger partial charge on any atom is 0.269 e. The Morgan fingerprint density at radius 2 is 1.66 bits per heavy atom. The Morgan fingerprint density at radius 1 is 0.969 bits per heavy atom. The van der Waals surface area contributed by atoms with Gasteiger partial charge in [0.15, 0.2) is 0 Å². The van der Waals surface area contributed by atoms with Gasteiger partial charge in [0.2, 0.25) is 10.0 Å². The molecule has 1 aromatic carbocycles. The maximum absolute atomic E-state index is 13.2. The van der Waals surface area contributed by atoms with Crippen LogP contribution in [0.5, 0.6) is 0 Å². The summed E-state index contributed by atoms with van der Waals surface area (Å²) >= 11 is 0. The summed E-state index contributed by atoms with van der Waals surface area (Å²) in [6.07, 6.45) is 7.61. The molecular formula is C21H26N6O4S. The number of piperazine rings is 1. The zero-order chi connectivity index (χ0) is 22.6. The van der Waals surface area contributed by atoms with E-state index >= 15 is 0 Å². The van der Waals surface area contributed by atoms with E-state index in [4.69, 9.17) is 0 Å². The van der Waals surface area contributed by atoms with Crippen molar-refractivity contribution in [2.45, 2.75) is 24.2 Å². The topological polar surface area (TPSA) is 112 Å². The van der Waals surface area contributed by atoms with Crippen LogP contribution in [0.1, 0.15) is 24.8 Å². The molecule has 0 saturated carbocycles. The van der Waals surface area contributed by atoms with E-state index < -0.39 is 14.9 Å². The Kier molecular flexibility index (Phi) is 6.66. The molecule has 0 aliphatic carbocycles. The van der Waals surface area contributed by atoms with Gasteiger partial charge in [-0.3, -0.25) is 20.1 Å². The van der Waals surface area contributed by atoms with E-state index in [-0.39, 0.29) is 10.6 Å². The molecule has 3 heterocycles. The van der Waals surface area contributed by atoms with Crippen LogP contribution in [-0.2, 0) is 10.0 Å². The Morgan fingerprint density at radius 3 is 2.31 bits per heavy atom. The Balaban J connectivity index is 1.42. The summed E-state index contributed by atoms with van der Waals surface area (Å²) in [6.45, 7) is 3.64. The minimum Gasteiger partial charge on any atom is -0.367 e. The van der Waals surface area contributed by atoms with Crippen LogP contribution in [0.3, 0.4) is 0 Å². The number of hydrogen-bond acceptors (Lipinski definition) is 8. The van der Waals surface area contributed by atoms with Gasteiger partial charge in [-0.25, -0.2) is 8.42 Å². The van der Waals surface area contributed by atoms with E-state index in [1.165, 1.54) is 18.3 Å². The molecule has 1 aromatic heterocycles. The standard InChI is InChI=1S/C21H26N6O4S/c28-27(29)19-6-4-18(5-7-19)16-23-25-14-12-24(13-15-25)20-8-9-22-17-21(20)32(30,31)26-10-2-1-3-11-26/h4-9,16-17H,1-3,10-15H2/b23-16+. The van der Waals surface area contributed by atoms with E-state index in [0.717, 1.165) is 24.8 Å². The first-order chi connectivity index (χ1) is 15.4. The van der Waals surface area contributed by atoms with Gasteiger partial charge >= 0.3 is 0 Å². The van der Waals surface area contributed by atoms with E-state index in [9.17, 15) is 18.5 Å². The van der Waals surface area contributed by atoms with Crippen molar-refractivity contribution in [3.05, 3.63) is 58.4 Å². The molecule has 11 heteroatoms. The van der Waals surface area contributed by atoms with Crippen LogP contribution in [0.4, 0.5) is 11.4 Å². The maximum atomic E-state index is 13.2. The number of sulfonamides is 1. The fourth-order valence-corrected chi connectivity index (χ4v) is 5.63. The summed E-state index contributed by atoms with van der Waals surface area (Å²) in [6, 6.07) is 7.99. The lowest BCUT2D eigenvalue weighted by Gasteiger charge is -2.36. The average molecular weight is 459 g/mol. The molecule has 2 saturated heterocycles. The van der Waals surface area contributed by atoms with Gasteiger partial charge in [-0.15, -0.1) is 0 Å². The first-order valence-electron chi connectivity index (χ1n) is 10.7. The second kappa shape index (κ2) is 9.61. The Labute approximate surface area is 187 Å². The van der Waals surface area contributed by atoms with Gasteiger partial charge in [0.1, 0.15) is 4.90 Å². The van der Waals surface area contributed by atoms with Crippen LogP contribution in [-0.4, -0.2) is 73.1 Å². The number of nitrogens with zero attached hydrogens (tertiary/aromatic N) is 6. The number of hydrogen-bond donors (Lipinski definition) is 0. The lowest BCUT2D eigenvalue weighted by molar-refractivity contribution is -0.384. The molecule has 0 N–H and O–H groups in total. The predicted octanol–water partition coefficient (Wildman–Crippen LogP) is 2.32. The molecular weight excluding hydrogens is 432 g/mol. The molecule has 32 heavy (non-hydrogen) atoms. The number of nitro benzene ring substituents is 1. The van der Waals surface area contributed by atoms with Crippen LogP contribution in [0.2, 0.25) is 0 Å². The van der Waals surface area contributed by atoms with Crippen molar-refractivity contribution in [3.63, 3.8) is 0 Å². The number of piperidine rings is 1. The molecule has 2 fully saturated rings. The summed E-state index contributed by atoms with van der Waals surface area (Å²) < 4.78 is 28.0. The third-order valence-corrected chi connectivity index (χ3v) is 7.68.